The lowest BCUT2D eigenvalue weighted by Crippen LogP contribution is -2.75. The van der Waals surface area contributed by atoms with Gasteiger partial charge in [-0.05, 0) is 0 Å². The van der Waals surface area contributed by atoms with Crippen molar-refractivity contribution in [2.45, 2.75) is 52.1 Å². The van der Waals surface area contributed by atoms with Gasteiger partial charge in [0.05, 0.1) is 6.61 Å². The smallest absolute Gasteiger partial charge is 0.395 e. The molecule has 1 atom stereocenters. The Kier molecular flexibility index (Phi) is 7.06. The van der Waals surface area contributed by atoms with E-state index in [0.29, 0.717) is 0 Å². The summed E-state index contributed by atoms with van der Waals surface area (Å²) in [5, 5.41) is 8.39. The number of rotatable bonds is 7. The van der Waals surface area contributed by atoms with E-state index in [9.17, 15) is 65.9 Å². The lowest BCUT2D eigenvalue weighted by Gasteiger charge is -2.43. The molecule has 0 saturated heterocycles. The van der Waals surface area contributed by atoms with Crippen molar-refractivity contribution in [2.75, 3.05) is 6.61 Å². The fraction of sp³-hybridized carbons (Fsp3) is 1.00. The van der Waals surface area contributed by atoms with Gasteiger partial charge < -0.3 is 5.11 Å². The highest BCUT2D eigenvalue weighted by Crippen LogP contribution is 2.64. The van der Waals surface area contributed by atoms with Crippen LogP contribution in [0, 0.1) is 0 Å². The molecule has 27 heavy (non-hydrogen) atoms. The van der Waals surface area contributed by atoms with E-state index >= 15 is 0 Å². The lowest BCUT2D eigenvalue weighted by atomic mass is 9.85. The largest absolute Gasteiger partial charge is 0.438 e. The first-order valence-corrected chi connectivity index (χ1v) is 7.28. The second-order valence-electron chi connectivity index (χ2n) is 5.07. The third-order valence-corrected chi connectivity index (χ3v) is 3.97. The molecule has 0 aliphatic carbocycles. The van der Waals surface area contributed by atoms with Crippen LogP contribution in [0.4, 0.5) is 65.9 Å². The molecule has 1 N–H and O–H groups in total. The van der Waals surface area contributed by atoms with Crippen LogP contribution >= 0.6 is 22.6 Å². The maximum atomic E-state index is 13.3. The van der Waals surface area contributed by atoms with Crippen LogP contribution in [0.5, 0.6) is 0 Å². The van der Waals surface area contributed by atoms with Gasteiger partial charge in [-0.2, -0.15) is 61.5 Å². The zero-order valence-corrected chi connectivity index (χ0v) is 14.1. The lowest BCUT2D eigenvalue weighted by molar-refractivity contribution is -0.457. The van der Waals surface area contributed by atoms with Crippen LogP contribution in [0.25, 0.3) is 0 Å². The Morgan fingerprint density at radius 3 is 1.19 bits per heavy atom. The van der Waals surface area contributed by atoms with Gasteiger partial charge in [-0.1, -0.05) is 22.6 Å². The Bertz CT molecular complexity index is 508. The van der Waals surface area contributed by atoms with Crippen LogP contribution in [0.3, 0.4) is 0 Å². The minimum absolute atomic E-state index is 0.732. The Morgan fingerprint density at radius 2 is 0.926 bits per heavy atom. The first-order chi connectivity index (χ1) is 11.5. The molecule has 0 bridgehead atoms. The molecule has 0 aromatic rings. The maximum Gasteiger partial charge on any atom is 0.438 e. The molecule has 0 aromatic heterocycles. The fourth-order valence-electron chi connectivity index (χ4n) is 1.63. The van der Waals surface area contributed by atoms with Crippen molar-refractivity contribution >= 4 is 22.6 Å². The van der Waals surface area contributed by atoms with Crippen LogP contribution in [0.1, 0.15) is 6.42 Å². The molecule has 0 fully saturated rings. The molecule has 164 valence electrons. The zero-order chi connectivity index (χ0) is 22.5. The average molecular weight is 554 g/mol. The Balaban J connectivity index is 6.60. The second kappa shape index (κ2) is 7.16. The second-order valence-corrected chi connectivity index (χ2v) is 6.83. The van der Waals surface area contributed by atoms with Gasteiger partial charge in [0.2, 0.25) is 0 Å². The standard InChI is InChI=1S/C10H6F15IO/c11-4(12,1-3(26)2-27)6(14,15)8(18,19)7(16,17)5(13,9(20,21)22)10(23,24)25/h3,27H,1-2H2/t3-/m0/s1. The van der Waals surface area contributed by atoms with E-state index in [2.05, 4.69) is 0 Å². The highest BCUT2D eigenvalue weighted by molar-refractivity contribution is 14.1. The number of aliphatic hydroxyl groups is 1. The van der Waals surface area contributed by atoms with Crippen molar-refractivity contribution in [3.8, 4) is 0 Å². The molecule has 0 rings (SSSR count). The van der Waals surface area contributed by atoms with Gasteiger partial charge in [0.1, 0.15) is 0 Å². The van der Waals surface area contributed by atoms with Crippen LogP contribution < -0.4 is 0 Å². The first-order valence-electron chi connectivity index (χ1n) is 6.04. The summed E-state index contributed by atoms with van der Waals surface area (Å²) in [6.07, 6.45) is -18.4. The van der Waals surface area contributed by atoms with Crippen molar-refractivity contribution in [3.63, 3.8) is 0 Å². The maximum absolute atomic E-state index is 13.3. The topological polar surface area (TPSA) is 20.2 Å². The minimum Gasteiger partial charge on any atom is -0.395 e. The normalized spacial score (nSPS) is 17.2. The summed E-state index contributed by atoms with van der Waals surface area (Å²) in [5.41, 5.74) is -8.28. The third-order valence-electron chi connectivity index (χ3n) is 3.14. The molecule has 0 amide bonds. The molecule has 0 saturated carbocycles. The van der Waals surface area contributed by atoms with Crippen molar-refractivity contribution in [3.05, 3.63) is 0 Å². The Hall–Kier alpha value is -0.360. The van der Waals surface area contributed by atoms with E-state index in [1.165, 1.54) is 0 Å². The van der Waals surface area contributed by atoms with E-state index < -0.39 is 58.7 Å². The summed E-state index contributed by atoms with van der Waals surface area (Å²) < 4.78 is 191. The summed E-state index contributed by atoms with van der Waals surface area (Å²) >= 11 is 0.732. The molecular weight excluding hydrogens is 548 g/mol. The molecule has 0 aliphatic rings. The van der Waals surface area contributed by atoms with Crippen LogP contribution in [-0.2, 0) is 0 Å². The van der Waals surface area contributed by atoms with Crippen LogP contribution in [0.2, 0.25) is 0 Å². The van der Waals surface area contributed by atoms with Crippen molar-refractivity contribution < 1.29 is 71.0 Å². The van der Waals surface area contributed by atoms with E-state index in [-0.39, 0.29) is 0 Å². The van der Waals surface area contributed by atoms with E-state index in [0.717, 1.165) is 22.6 Å². The van der Waals surface area contributed by atoms with Gasteiger partial charge in [-0.3, -0.25) is 0 Å². The molecule has 17 heteroatoms. The highest BCUT2D eigenvalue weighted by atomic mass is 127. The van der Waals surface area contributed by atoms with Crippen LogP contribution in [-0.4, -0.2) is 57.3 Å². The molecular formula is C10H6F15IO. The summed E-state index contributed by atoms with van der Waals surface area (Å²) in [7, 11) is 0. The molecule has 0 spiro atoms. The van der Waals surface area contributed by atoms with E-state index in [1.54, 1.807) is 0 Å². The number of hydrogen-bond donors (Lipinski definition) is 1. The van der Waals surface area contributed by atoms with Gasteiger partial charge in [0, 0.05) is 10.3 Å². The van der Waals surface area contributed by atoms with Crippen LogP contribution in [0.15, 0.2) is 0 Å². The minimum atomic E-state index is -8.40. The highest BCUT2D eigenvalue weighted by Gasteiger charge is 2.95. The molecule has 0 aliphatic heterocycles. The van der Waals surface area contributed by atoms with Crippen molar-refractivity contribution in [2.24, 2.45) is 0 Å². The van der Waals surface area contributed by atoms with Gasteiger partial charge in [0.15, 0.2) is 0 Å². The van der Waals surface area contributed by atoms with E-state index in [4.69, 9.17) is 5.11 Å². The van der Waals surface area contributed by atoms with Gasteiger partial charge >= 0.3 is 41.7 Å². The van der Waals surface area contributed by atoms with E-state index in [1.807, 2.05) is 0 Å². The predicted octanol–water partition coefficient (Wildman–Crippen LogP) is 5.55. The Morgan fingerprint density at radius 1 is 0.593 bits per heavy atom. The average Bonchev–Trinajstić information content (AvgIpc) is 2.42. The number of halogens is 16. The predicted molar refractivity (Wildman–Crippen MR) is 65.2 cm³/mol. The SMILES string of the molecule is OC[C@@H](I)CC(F)(F)C(F)(F)C(F)(F)C(F)(F)C(F)(C(F)(F)F)C(F)(F)F. The first kappa shape index (κ1) is 26.6. The van der Waals surface area contributed by atoms with Gasteiger partial charge in [-0.25, -0.2) is 4.39 Å². The monoisotopic (exact) mass is 554 g/mol. The number of aliphatic hydroxyl groups excluding tert-OH is 1. The number of alkyl halides is 16. The van der Waals surface area contributed by atoms with Gasteiger partial charge in [-0.15, -0.1) is 0 Å². The zero-order valence-electron chi connectivity index (χ0n) is 12.0. The summed E-state index contributed by atoms with van der Waals surface area (Å²) in [4.78, 5) is 0. The fourth-order valence-corrected chi connectivity index (χ4v) is 2.18. The summed E-state index contributed by atoms with van der Waals surface area (Å²) in [6.45, 7) is -1.42. The molecule has 0 aromatic carbocycles. The molecule has 0 unspecified atom stereocenters. The summed E-state index contributed by atoms with van der Waals surface area (Å²) in [5.74, 6) is -30.5. The Labute approximate surface area is 153 Å². The van der Waals surface area contributed by atoms with Crippen molar-refractivity contribution in [1.29, 1.82) is 0 Å². The van der Waals surface area contributed by atoms with Gasteiger partial charge in [0.25, 0.3) is 0 Å². The molecule has 0 heterocycles. The summed E-state index contributed by atoms with van der Waals surface area (Å²) in [6, 6.07) is 0. The molecule has 1 nitrogen and oxygen atoms in total. The van der Waals surface area contributed by atoms with Crippen molar-refractivity contribution in [1.82, 2.24) is 0 Å². The number of hydrogen-bond acceptors (Lipinski definition) is 1. The molecule has 0 radical (unpaired) electrons. The quantitative estimate of drug-likeness (QED) is 0.249. The third kappa shape index (κ3) is 3.90.